The van der Waals surface area contributed by atoms with Gasteiger partial charge in [0.1, 0.15) is 11.4 Å². The highest BCUT2D eigenvalue weighted by atomic mass is 32.2. The van der Waals surface area contributed by atoms with Crippen molar-refractivity contribution in [1.82, 2.24) is 9.62 Å². The Hall–Kier alpha value is -2.38. The van der Waals surface area contributed by atoms with Gasteiger partial charge in [0.25, 0.3) is 0 Å². The minimum Gasteiger partial charge on any atom is -0.487 e. The summed E-state index contributed by atoms with van der Waals surface area (Å²) < 4.78 is 33.5. The summed E-state index contributed by atoms with van der Waals surface area (Å²) in [6.45, 7) is 8.72. The Balaban J connectivity index is 1.42. The summed E-state index contributed by atoms with van der Waals surface area (Å²) in [5.74, 6) is 0.613. The van der Waals surface area contributed by atoms with Gasteiger partial charge in [-0.2, -0.15) is 4.31 Å². The minimum absolute atomic E-state index is 0.00691. The van der Waals surface area contributed by atoms with Crippen LogP contribution in [0.1, 0.15) is 55.8 Å². The molecule has 32 heavy (non-hydrogen) atoms. The number of benzene rings is 2. The van der Waals surface area contributed by atoms with Crippen molar-refractivity contribution in [2.24, 2.45) is 5.92 Å². The largest absolute Gasteiger partial charge is 0.487 e. The summed E-state index contributed by atoms with van der Waals surface area (Å²) in [6, 6.07) is 12.9. The lowest BCUT2D eigenvalue weighted by molar-refractivity contribution is -0.127. The Bertz CT molecular complexity index is 1100. The molecular formula is C25H32N2O4S. The molecule has 0 aromatic heterocycles. The van der Waals surface area contributed by atoms with Crippen molar-refractivity contribution in [3.05, 3.63) is 59.2 Å². The van der Waals surface area contributed by atoms with E-state index in [2.05, 4.69) is 11.4 Å². The lowest BCUT2D eigenvalue weighted by Crippen LogP contribution is -2.46. The number of carbonyl (C=O) groups is 1. The number of piperidine rings is 1. The predicted molar refractivity (Wildman–Crippen MR) is 124 cm³/mol. The lowest BCUT2D eigenvalue weighted by Gasteiger charge is -2.39. The zero-order chi connectivity index (χ0) is 23.1. The molecule has 1 atom stereocenters. The number of ether oxygens (including phenoxy) is 1. The van der Waals surface area contributed by atoms with E-state index in [-0.39, 0.29) is 23.5 Å². The molecule has 1 amide bonds. The Morgan fingerprint density at radius 1 is 1.03 bits per heavy atom. The average Bonchev–Trinajstić information content (AvgIpc) is 2.74. The number of rotatable bonds is 4. The number of carbonyl (C=O) groups excluding carboxylic acids is 1. The van der Waals surface area contributed by atoms with Gasteiger partial charge in [-0.15, -0.1) is 0 Å². The molecule has 0 spiro atoms. The lowest BCUT2D eigenvalue weighted by atomic mass is 9.88. The zero-order valence-electron chi connectivity index (χ0n) is 19.2. The first-order chi connectivity index (χ1) is 15.0. The minimum atomic E-state index is -3.53. The van der Waals surface area contributed by atoms with E-state index in [4.69, 9.17) is 4.74 Å². The van der Waals surface area contributed by atoms with Crippen molar-refractivity contribution in [2.45, 2.75) is 63.5 Å². The fourth-order valence-corrected chi connectivity index (χ4v) is 6.08. The standard InChI is InChI=1S/C25H32N2O4S/c1-17-5-8-20(9-6-17)32(29,30)27-13-11-19(12-14-27)24(28)26-22-16-25(3,4)31-23-10-7-18(2)15-21(22)23/h5-10,15,19,22H,11-14,16H2,1-4H3,(H,26,28)/t22-/m1/s1. The molecule has 1 fully saturated rings. The maximum atomic E-state index is 13.1. The van der Waals surface area contributed by atoms with Crippen molar-refractivity contribution < 1.29 is 17.9 Å². The summed E-state index contributed by atoms with van der Waals surface area (Å²) in [7, 11) is -3.53. The average molecular weight is 457 g/mol. The number of amides is 1. The van der Waals surface area contributed by atoms with Crippen LogP contribution in [0.25, 0.3) is 0 Å². The van der Waals surface area contributed by atoms with E-state index in [1.165, 1.54) is 4.31 Å². The van der Waals surface area contributed by atoms with Crippen LogP contribution < -0.4 is 10.1 Å². The van der Waals surface area contributed by atoms with E-state index in [1.807, 2.05) is 52.0 Å². The summed E-state index contributed by atoms with van der Waals surface area (Å²) in [5, 5.41) is 3.23. The van der Waals surface area contributed by atoms with Gasteiger partial charge >= 0.3 is 0 Å². The monoisotopic (exact) mass is 456 g/mol. The summed E-state index contributed by atoms with van der Waals surface area (Å²) >= 11 is 0. The molecule has 0 radical (unpaired) electrons. The van der Waals surface area contributed by atoms with E-state index in [9.17, 15) is 13.2 Å². The molecule has 1 N–H and O–H groups in total. The third-order valence-corrected chi connectivity index (χ3v) is 8.34. The fourth-order valence-electron chi connectivity index (χ4n) is 4.61. The molecule has 172 valence electrons. The second kappa shape index (κ2) is 8.52. The normalized spacial score (nSPS) is 21.4. The Labute approximate surface area is 191 Å². The van der Waals surface area contributed by atoms with Gasteiger partial charge in [-0.05, 0) is 58.7 Å². The second-order valence-corrected chi connectivity index (χ2v) is 11.6. The van der Waals surface area contributed by atoms with Crippen LogP contribution in [-0.2, 0) is 14.8 Å². The molecule has 7 heteroatoms. The molecule has 0 bridgehead atoms. The van der Waals surface area contributed by atoms with Gasteiger partial charge in [-0.25, -0.2) is 8.42 Å². The third kappa shape index (κ3) is 4.69. The molecule has 1 saturated heterocycles. The number of nitrogens with one attached hydrogen (secondary N) is 1. The van der Waals surface area contributed by atoms with Gasteiger partial charge in [0.05, 0.1) is 10.9 Å². The van der Waals surface area contributed by atoms with Crippen molar-refractivity contribution in [2.75, 3.05) is 13.1 Å². The van der Waals surface area contributed by atoms with E-state index in [0.29, 0.717) is 37.2 Å². The number of hydrogen-bond donors (Lipinski definition) is 1. The molecule has 4 rings (SSSR count). The van der Waals surface area contributed by atoms with Gasteiger partial charge in [-0.3, -0.25) is 4.79 Å². The Kier molecular flexibility index (Phi) is 6.07. The van der Waals surface area contributed by atoms with E-state index in [1.54, 1.807) is 12.1 Å². The molecule has 2 heterocycles. The van der Waals surface area contributed by atoms with Crippen LogP contribution >= 0.6 is 0 Å². The molecule has 2 aromatic rings. The van der Waals surface area contributed by atoms with E-state index in [0.717, 1.165) is 22.4 Å². The van der Waals surface area contributed by atoms with Crippen LogP contribution in [0.15, 0.2) is 47.4 Å². The van der Waals surface area contributed by atoms with E-state index >= 15 is 0 Å². The van der Waals surface area contributed by atoms with Gasteiger partial charge < -0.3 is 10.1 Å². The number of nitrogens with zero attached hydrogens (tertiary/aromatic N) is 1. The number of hydrogen-bond acceptors (Lipinski definition) is 4. The number of sulfonamides is 1. The summed E-state index contributed by atoms with van der Waals surface area (Å²) in [4.78, 5) is 13.4. The van der Waals surface area contributed by atoms with E-state index < -0.39 is 10.0 Å². The highest BCUT2D eigenvalue weighted by Gasteiger charge is 2.37. The Morgan fingerprint density at radius 2 is 1.66 bits per heavy atom. The van der Waals surface area contributed by atoms with Crippen LogP contribution in [0.5, 0.6) is 5.75 Å². The Morgan fingerprint density at radius 3 is 2.31 bits per heavy atom. The second-order valence-electron chi connectivity index (χ2n) is 9.66. The predicted octanol–water partition coefficient (Wildman–Crippen LogP) is 4.12. The van der Waals surface area contributed by atoms with Crippen molar-refractivity contribution in [3.8, 4) is 5.75 Å². The van der Waals surface area contributed by atoms with Crippen molar-refractivity contribution in [1.29, 1.82) is 0 Å². The van der Waals surface area contributed by atoms with Crippen molar-refractivity contribution in [3.63, 3.8) is 0 Å². The molecule has 2 aliphatic heterocycles. The van der Waals surface area contributed by atoms with Crippen LogP contribution in [-0.4, -0.2) is 37.3 Å². The smallest absolute Gasteiger partial charge is 0.243 e. The molecular weight excluding hydrogens is 424 g/mol. The SMILES string of the molecule is Cc1ccc(S(=O)(=O)N2CCC(C(=O)N[C@@H]3CC(C)(C)Oc4ccc(C)cc43)CC2)cc1. The molecule has 0 saturated carbocycles. The van der Waals surface area contributed by atoms with Crippen LogP contribution in [0, 0.1) is 19.8 Å². The topological polar surface area (TPSA) is 75.7 Å². The maximum absolute atomic E-state index is 13.1. The first-order valence-electron chi connectivity index (χ1n) is 11.2. The molecule has 6 nitrogen and oxygen atoms in total. The number of fused-ring (bicyclic) bond motifs is 1. The maximum Gasteiger partial charge on any atom is 0.243 e. The van der Waals surface area contributed by atoms with Gasteiger partial charge in [0, 0.05) is 31.0 Å². The molecule has 2 aromatic carbocycles. The highest BCUT2D eigenvalue weighted by molar-refractivity contribution is 7.89. The highest BCUT2D eigenvalue weighted by Crippen LogP contribution is 2.40. The third-order valence-electron chi connectivity index (χ3n) is 6.42. The van der Waals surface area contributed by atoms with Gasteiger partial charge in [0.15, 0.2) is 0 Å². The van der Waals surface area contributed by atoms with Crippen LogP contribution in [0.2, 0.25) is 0 Å². The van der Waals surface area contributed by atoms with Crippen molar-refractivity contribution >= 4 is 15.9 Å². The molecule has 0 aliphatic carbocycles. The van der Waals surface area contributed by atoms with Crippen LogP contribution in [0.4, 0.5) is 0 Å². The first kappa shape index (κ1) is 22.8. The molecule has 2 aliphatic rings. The summed E-state index contributed by atoms with van der Waals surface area (Å²) in [6.07, 6.45) is 1.73. The zero-order valence-corrected chi connectivity index (χ0v) is 20.0. The number of aryl methyl sites for hydroxylation is 2. The first-order valence-corrected chi connectivity index (χ1v) is 12.7. The summed E-state index contributed by atoms with van der Waals surface area (Å²) in [5.41, 5.74) is 2.79. The molecule has 0 unspecified atom stereocenters. The fraction of sp³-hybridized carbons (Fsp3) is 0.480. The van der Waals surface area contributed by atoms with Gasteiger partial charge in [-0.1, -0.05) is 35.4 Å². The van der Waals surface area contributed by atoms with Crippen LogP contribution in [0.3, 0.4) is 0 Å². The van der Waals surface area contributed by atoms with Gasteiger partial charge in [0.2, 0.25) is 15.9 Å². The quantitative estimate of drug-likeness (QED) is 0.751.